The van der Waals surface area contributed by atoms with Crippen LogP contribution in [0.15, 0.2) is 24.3 Å². The summed E-state index contributed by atoms with van der Waals surface area (Å²) in [7, 11) is 0. The molecule has 0 spiro atoms. The molecule has 0 amide bonds. The topological polar surface area (TPSA) is 54.4 Å². The van der Waals surface area contributed by atoms with Crippen molar-refractivity contribution in [3.8, 4) is 0 Å². The molecule has 2 atom stereocenters. The molecule has 0 bridgehead atoms. The first-order chi connectivity index (χ1) is 8.08. The fourth-order valence-corrected chi connectivity index (χ4v) is 2.21. The van der Waals surface area contributed by atoms with Crippen molar-refractivity contribution in [2.75, 3.05) is 0 Å². The van der Waals surface area contributed by atoms with Crippen molar-refractivity contribution in [1.82, 2.24) is 0 Å². The molecule has 92 valence electrons. The summed E-state index contributed by atoms with van der Waals surface area (Å²) in [4.78, 5) is 21.2. The molecule has 3 nitrogen and oxygen atoms in total. The lowest BCUT2D eigenvalue weighted by molar-refractivity contribution is -0.107. The van der Waals surface area contributed by atoms with Gasteiger partial charge in [-0.05, 0) is 36.5 Å². The van der Waals surface area contributed by atoms with E-state index in [9.17, 15) is 9.59 Å². The van der Waals surface area contributed by atoms with Crippen LogP contribution in [0, 0.1) is 0 Å². The number of aldehydes is 1. The minimum absolute atomic E-state index is 0.147. The number of carbonyl (C=O) groups is 2. The second-order valence-electron chi connectivity index (χ2n) is 3.92. The summed E-state index contributed by atoms with van der Waals surface area (Å²) in [5.41, 5.74) is 1.36. The van der Waals surface area contributed by atoms with Gasteiger partial charge in [0.05, 0.1) is 10.4 Å². The molecule has 0 unspecified atom stereocenters. The maximum Gasteiger partial charge on any atom is 0.335 e. The summed E-state index contributed by atoms with van der Waals surface area (Å²) in [6.07, 6.45) is 2.53. The smallest absolute Gasteiger partial charge is 0.335 e. The Kier molecular flexibility index (Phi) is 5.35. The van der Waals surface area contributed by atoms with Crippen LogP contribution in [0.2, 0.25) is 0 Å². The number of carboxylic acids is 1. The number of alkyl halides is 1. The number of rotatable bonds is 6. The number of hydrogen-bond donors (Lipinski definition) is 1. The van der Waals surface area contributed by atoms with Crippen LogP contribution < -0.4 is 0 Å². The van der Waals surface area contributed by atoms with Crippen LogP contribution in [-0.2, 0) is 4.79 Å². The van der Waals surface area contributed by atoms with E-state index in [4.69, 9.17) is 5.11 Å². The summed E-state index contributed by atoms with van der Waals surface area (Å²) < 4.78 is 0. The average molecular weight is 299 g/mol. The number of aromatic carboxylic acids is 1. The molecule has 0 radical (unpaired) electrons. The van der Waals surface area contributed by atoms with Crippen molar-refractivity contribution in [1.29, 1.82) is 0 Å². The zero-order valence-corrected chi connectivity index (χ0v) is 11.2. The van der Waals surface area contributed by atoms with Crippen LogP contribution >= 0.6 is 15.9 Å². The van der Waals surface area contributed by atoms with Crippen LogP contribution in [0.3, 0.4) is 0 Å². The summed E-state index contributed by atoms with van der Waals surface area (Å²) in [5.74, 6) is -0.650. The first kappa shape index (κ1) is 13.9. The van der Waals surface area contributed by atoms with Gasteiger partial charge in [0.1, 0.15) is 6.29 Å². The predicted octanol–water partition coefficient (Wildman–Crippen LogP) is 3.23. The molecule has 1 N–H and O–H groups in total. The number of carboxylic acid groups (broad SMARTS) is 1. The first-order valence-corrected chi connectivity index (χ1v) is 6.42. The lowest BCUT2D eigenvalue weighted by atomic mass is 9.91. The Morgan fingerprint density at radius 3 is 2.41 bits per heavy atom. The van der Waals surface area contributed by atoms with Gasteiger partial charge in [-0.15, -0.1) is 0 Å². The molecule has 0 aliphatic carbocycles. The maximum atomic E-state index is 10.7. The number of benzene rings is 1. The zero-order chi connectivity index (χ0) is 12.8. The minimum Gasteiger partial charge on any atom is -0.478 e. The van der Waals surface area contributed by atoms with Gasteiger partial charge < -0.3 is 9.90 Å². The highest BCUT2D eigenvalue weighted by Crippen LogP contribution is 2.26. The Morgan fingerprint density at radius 2 is 2.00 bits per heavy atom. The van der Waals surface area contributed by atoms with Crippen molar-refractivity contribution in [3.63, 3.8) is 0 Å². The zero-order valence-electron chi connectivity index (χ0n) is 9.60. The molecule has 0 aromatic heterocycles. The standard InChI is InChI=1S/C13H15BrO3/c1-2-9(7-12(14)8-15)10-3-5-11(6-4-10)13(16)17/h3-6,8-9,12H,2,7H2,1H3,(H,16,17)/t9-,12+/m1/s1. The van der Waals surface area contributed by atoms with E-state index >= 15 is 0 Å². The second kappa shape index (κ2) is 6.55. The van der Waals surface area contributed by atoms with E-state index in [1.807, 2.05) is 12.1 Å². The molecular weight excluding hydrogens is 284 g/mol. The molecule has 1 aromatic rings. The average Bonchev–Trinajstić information content (AvgIpc) is 2.35. The van der Waals surface area contributed by atoms with Crippen molar-refractivity contribution < 1.29 is 14.7 Å². The molecule has 1 aromatic carbocycles. The van der Waals surface area contributed by atoms with Gasteiger partial charge in [-0.3, -0.25) is 0 Å². The van der Waals surface area contributed by atoms with Crippen molar-refractivity contribution in [2.45, 2.75) is 30.5 Å². The van der Waals surface area contributed by atoms with Gasteiger partial charge in [0.15, 0.2) is 0 Å². The van der Waals surface area contributed by atoms with Crippen molar-refractivity contribution >= 4 is 28.2 Å². The van der Waals surface area contributed by atoms with Gasteiger partial charge in [0, 0.05) is 0 Å². The van der Waals surface area contributed by atoms with Gasteiger partial charge in [-0.1, -0.05) is 35.0 Å². The largest absolute Gasteiger partial charge is 0.478 e. The molecule has 0 aliphatic rings. The molecule has 0 fully saturated rings. The third-order valence-electron chi connectivity index (χ3n) is 2.78. The van der Waals surface area contributed by atoms with Crippen LogP contribution in [0.25, 0.3) is 0 Å². The molecular formula is C13H15BrO3. The fraction of sp³-hybridized carbons (Fsp3) is 0.385. The fourth-order valence-electron chi connectivity index (χ4n) is 1.76. The highest BCUT2D eigenvalue weighted by molar-refractivity contribution is 9.09. The van der Waals surface area contributed by atoms with Gasteiger partial charge in [-0.25, -0.2) is 4.79 Å². The molecule has 0 saturated heterocycles. The summed E-state index contributed by atoms with van der Waals surface area (Å²) >= 11 is 3.29. The third-order valence-corrected chi connectivity index (χ3v) is 3.37. The van der Waals surface area contributed by atoms with E-state index in [0.29, 0.717) is 0 Å². The van der Waals surface area contributed by atoms with E-state index in [0.717, 1.165) is 24.7 Å². The Morgan fingerprint density at radius 1 is 1.41 bits per heavy atom. The van der Waals surface area contributed by atoms with E-state index in [1.54, 1.807) is 12.1 Å². The lowest BCUT2D eigenvalue weighted by Crippen LogP contribution is -2.08. The predicted molar refractivity (Wildman–Crippen MR) is 69.8 cm³/mol. The van der Waals surface area contributed by atoms with Crippen LogP contribution in [0.4, 0.5) is 0 Å². The number of carbonyl (C=O) groups excluding carboxylic acids is 1. The molecule has 4 heteroatoms. The number of halogens is 1. The van der Waals surface area contributed by atoms with Gasteiger partial charge in [0.25, 0.3) is 0 Å². The molecule has 0 aliphatic heterocycles. The molecule has 0 saturated carbocycles. The highest BCUT2D eigenvalue weighted by Gasteiger charge is 2.14. The van der Waals surface area contributed by atoms with Gasteiger partial charge >= 0.3 is 5.97 Å². The van der Waals surface area contributed by atoms with Crippen LogP contribution in [0.5, 0.6) is 0 Å². The Hall–Kier alpha value is -1.16. The Balaban J connectivity index is 2.82. The number of hydrogen-bond acceptors (Lipinski definition) is 2. The van der Waals surface area contributed by atoms with E-state index in [-0.39, 0.29) is 16.3 Å². The lowest BCUT2D eigenvalue weighted by Gasteiger charge is -2.16. The maximum absolute atomic E-state index is 10.7. The second-order valence-corrected chi connectivity index (χ2v) is 5.10. The summed E-state index contributed by atoms with van der Waals surface area (Å²) in [6, 6.07) is 6.85. The third kappa shape index (κ3) is 3.97. The SMILES string of the molecule is CC[C@H](C[C@H](Br)C=O)c1ccc(C(=O)O)cc1. The van der Waals surface area contributed by atoms with E-state index < -0.39 is 5.97 Å². The summed E-state index contributed by atoms with van der Waals surface area (Å²) in [6.45, 7) is 2.06. The van der Waals surface area contributed by atoms with Gasteiger partial charge in [-0.2, -0.15) is 0 Å². The minimum atomic E-state index is -0.921. The van der Waals surface area contributed by atoms with E-state index in [2.05, 4.69) is 22.9 Å². The molecule has 0 heterocycles. The highest BCUT2D eigenvalue weighted by atomic mass is 79.9. The first-order valence-electron chi connectivity index (χ1n) is 5.51. The monoisotopic (exact) mass is 298 g/mol. The Labute approximate surface area is 109 Å². The normalized spacial score (nSPS) is 14.0. The molecule has 1 rings (SSSR count). The Bertz CT molecular complexity index is 386. The van der Waals surface area contributed by atoms with Gasteiger partial charge in [0.2, 0.25) is 0 Å². The van der Waals surface area contributed by atoms with Crippen LogP contribution in [0.1, 0.15) is 41.6 Å². The van der Waals surface area contributed by atoms with Crippen molar-refractivity contribution in [3.05, 3.63) is 35.4 Å². The van der Waals surface area contributed by atoms with E-state index in [1.165, 1.54) is 0 Å². The van der Waals surface area contributed by atoms with Crippen molar-refractivity contribution in [2.24, 2.45) is 0 Å². The quantitative estimate of drug-likeness (QED) is 0.648. The van der Waals surface area contributed by atoms with Crippen LogP contribution in [-0.4, -0.2) is 22.2 Å². The summed E-state index contributed by atoms with van der Waals surface area (Å²) in [5, 5.41) is 8.80. The molecule has 17 heavy (non-hydrogen) atoms.